The Kier molecular flexibility index (Phi) is 21.5. The highest BCUT2D eigenvalue weighted by molar-refractivity contribution is 7.99. The van der Waals surface area contributed by atoms with Crippen LogP contribution >= 0.6 is 70.8 Å². The zero-order chi connectivity index (χ0) is 53.4. The maximum absolute atomic E-state index is 12.8. The topological polar surface area (TPSA) is 448 Å². The minimum Gasteiger partial charge on any atom is -0.505 e. The first-order valence-corrected chi connectivity index (χ1v) is 27.6. The molecule has 0 aliphatic heterocycles. The van der Waals surface area contributed by atoms with E-state index in [2.05, 4.69) is 90.4 Å². The number of nitrogens with two attached hydrogens (primary N) is 1. The number of azo groups is 2. The maximum Gasteiger partial charge on any atom is 0.296 e. The van der Waals surface area contributed by atoms with Crippen LogP contribution in [0.15, 0.2) is 88.6 Å². The van der Waals surface area contributed by atoms with Crippen LogP contribution in [0.4, 0.5) is 63.6 Å². The molecule has 0 saturated heterocycles. The standard InChI is InChI=1S/C36H37Cl2N15O15S6/c37-31-44-33(40-5-9-69-11-7-54)48-35(46-31)42-20-15-18(1-3-22(20)71-67-65-57)50-52-28-23(72-68-66-58)13-17-14-25(74(62,63)64)29(30(56)26(17)27(28)39)53-51-19-2-4-24(73(59,60)61)21(16-19)43-36-47-32(38)45-34(49-36)41-6-10-70-12-8-55/h1-4,13-16,54-58H,5-12,39H2,(H,59,60,61)(H,62,63,64)(H2,40,42,44,46,48)(H2,41,43,45,47,49). The van der Waals surface area contributed by atoms with Crippen molar-refractivity contribution in [3.05, 3.63) is 59.1 Å². The second-order valence-corrected chi connectivity index (χ2v) is 21.1. The molecule has 2 heterocycles. The Morgan fingerprint density at radius 3 is 1.65 bits per heavy atom. The van der Waals surface area contributed by atoms with Gasteiger partial charge in [0.25, 0.3) is 20.2 Å². The molecule has 0 fully saturated rings. The number of hydrogen-bond donors (Lipinski definition) is 12. The molecule has 0 saturated carbocycles. The molecule has 0 aliphatic rings. The molecule has 6 rings (SSSR count). The second-order valence-electron chi connectivity index (χ2n) is 13.7. The van der Waals surface area contributed by atoms with Crippen LogP contribution in [-0.4, -0.2) is 131 Å². The number of halogens is 2. The van der Waals surface area contributed by atoms with E-state index in [4.69, 9.17) is 49.7 Å². The summed E-state index contributed by atoms with van der Waals surface area (Å²) in [7, 11) is -10.2. The summed E-state index contributed by atoms with van der Waals surface area (Å²) in [6.07, 6.45) is 0. The van der Waals surface area contributed by atoms with E-state index in [1.807, 2.05) is 0 Å². The van der Waals surface area contributed by atoms with Crippen molar-refractivity contribution in [1.29, 1.82) is 0 Å². The molecule has 0 unspecified atom stereocenters. The van der Waals surface area contributed by atoms with Gasteiger partial charge in [0, 0.05) is 36.1 Å². The van der Waals surface area contributed by atoms with E-state index < -0.39 is 47.2 Å². The van der Waals surface area contributed by atoms with Crippen LogP contribution in [0.1, 0.15) is 0 Å². The molecule has 30 nitrogen and oxygen atoms in total. The fourth-order valence-electron chi connectivity index (χ4n) is 5.96. The van der Waals surface area contributed by atoms with Crippen LogP contribution in [0.5, 0.6) is 5.75 Å². The van der Waals surface area contributed by atoms with Gasteiger partial charge in [-0.05, 0) is 77.1 Å². The number of aromatic hydroxyl groups is 1. The number of hydrogen-bond acceptors (Lipinski definition) is 32. The predicted molar refractivity (Wildman–Crippen MR) is 274 cm³/mol. The third-order valence-corrected chi connectivity index (χ3v) is 14.2. The quantitative estimate of drug-likeness (QED) is 0.00425. The van der Waals surface area contributed by atoms with Gasteiger partial charge in [-0.15, -0.1) is 18.9 Å². The van der Waals surface area contributed by atoms with Crippen LogP contribution in [0.25, 0.3) is 10.8 Å². The number of fused-ring (bicyclic) bond motifs is 1. The number of nitrogen functional groups attached to an aromatic ring is 1. The van der Waals surface area contributed by atoms with Gasteiger partial charge in [-0.2, -0.15) is 80.5 Å². The molecular formula is C36H37Cl2N15O15S6. The van der Waals surface area contributed by atoms with Crippen molar-refractivity contribution in [3.63, 3.8) is 0 Å². The molecule has 0 amide bonds. The zero-order valence-electron chi connectivity index (χ0n) is 36.9. The number of nitrogens with zero attached hydrogens (tertiary/aromatic N) is 10. The Hall–Kier alpha value is -5.36. The fraction of sp³-hybridized carbons (Fsp3) is 0.222. The Bertz CT molecular complexity index is 3250. The van der Waals surface area contributed by atoms with E-state index in [0.29, 0.717) is 60.2 Å². The SMILES string of the molecule is Nc1c(N=Nc2ccc(SOOO)c(Nc3nc(Cl)nc(NCCSCCO)n3)c2)c(SOOO)cc2cc(S(=O)(=O)O)c(N=Nc3ccc(S(=O)(=O)O)c(Nc4nc(Cl)nc(NCCSCCO)n4)c3)c(O)c12. The van der Waals surface area contributed by atoms with E-state index in [9.17, 15) is 31.0 Å². The lowest BCUT2D eigenvalue weighted by atomic mass is 10.1. The second kappa shape index (κ2) is 27.4. The molecule has 0 aliphatic carbocycles. The Morgan fingerprint density at radius 1 is 0.608 bits per heavy atom. The zero-order valence-corrected chi connectivity index (χ0v) is 43.3. The van der Waals surface area contributed by atoms with Crippen molar-refractivity contribution in [2.24, 2.45) is 20.5 Å². The first-order chi connectivity index (χ1) is 35.4. The lowest BCUT2D eigenvalue weighted by molar-refractivity contribution is -0.432. The van der Waals surface area contributed by atoms with Crippen molar-refractivity contribution in [2.75, 3.05) is 76.3 Å². The molecule has 0 radical (unpaired) electrons. The smallest absolute Gasteiger partial charge is 0.296 e. The highest BCUT2D eigenvalue weighted by Crippen LogP contribution is 2.50. The van der Waals surface area contributed by atoms with E-state index in [1.165, 1.54) is 47.8 Å². The number of benzene rings is 4. The Balaban J connectivity index is 1.38. The van der Waals surface area contributed by atoms with Gasteiger partial charge in [-0.3, -0.25) is 9.11 Å². The molecule has 0 bridgehead atoms. The minimum absolute atomic E-state index is 0.0148. The monoisotopic (exact) mass is 1180 g/mol. The molecule has 38 heteroatoms. The summed E-state index contributed by atoms with van der Waals surface area (Å²) in [5.74, 6) is 0.979. The molecule has 4 aromatic carbocycles. The van der Waals surface area contributed by atoms with Crippen molar-refractivity contribution in [2.45, 2.75) is 19.6 Å². The fourth-order valence-corrected chi connectivity index (χ4v) is 9.66. The third kappa shape index (κ3) is 16.3. The summed E-state index contributed by atoms with van der Waals surface area (Å²) in [5, 5.41) is 81.9. The van der Waals surface area contributed by atoms with Gasteiger partial charge in [0.05, 0.1) is 80.9 Å². The number of phenolic OH excluding ortho intramolecular Hbond substituents is 1. The normalized spacial score (nSPS) is 12.1. The Labute approximate surface area is 444 Å². The molecule has 6 aromatic rings. The largest absolute Gasteiger partial charge is 0.505 e. The molecule has 13 N–H and O–H groups in total. The van der Waals surface area contributed by atoms with Crippen molar-refractivity contribution >= 4 is 165 Å². The van der Waals surface area contributed by atoms with Crippen LogP contribution < -0.4 is 27.0 Å². The van der Waals surface area contributed by atoms with Gasteiger partial charge in [-0.25, -0.2) is 10.5 Å². The summed E-state index contributed by atoms with van der Waals surface area (Å²) in [4.78, 5) is 23.0. The van der Waals surface area contributed by atoms with E-state index >= 15 is 0 Å². The summed E-state index contributed by atoms with van der Waals surface area (Å²) in [6.45, 7) is 0.769. The van der Waals surface area contributed by atoms with Gasteiger partial charge in [0.15, 0.2) is 5.75 Å². The first-order valence-electron chi connectivity index (χ1n) is 20.1. The number of aromatic nitrogens is 6. The highest BCUT2D eigenvalue weighted by atomic mass is 35.5. The number of thioether (sulfide) groups is 2. The lowest BCUT2D eigenvalue weighted by Gasteiger charge is -2.14. The summed E-state index contributed by atoms with van der Waals surface area (Å²) < 4.78 is 80.1. The number of anilines is 7. The number of rotatable bonds is 28. The van der Waals surface area contributed by atoms with E-state index in [0.717, 1.165) is 24.3 Å². The molecule has 74 heavy (non-hydrogen) atoms. The third-order valence-electron chi connectivity index (χ3n) is 8.88. The van der Waals surface area contributed by atoms with Crippen molar-refractivity contribution < 1.29 is 70.5 Å². The number of nitrogens with one attached hydrogen (secondary N) is 4. The summed E-state index contributed by atoms with van der Waals surface area (Å²) in [5.41, 5.74) is 4.70. The predicted octanol–water partition coefficient (Wildman–Crippen LogP) is 7.75. The van der Waals surface area contributed by atoms with Crippen LogP contribution in [0.2, 0.25) is 10.6 Å². The molecular weight excluding hydrogens is 1150 g/mol. The van der Waals surface area contributed by atoms with Crippen molar-refractivity contribution in [1.82, 2.24) is 29.9 Å². The van der Waals surface area contributed by atoms with Gasteiger partial charge >= 0.3 is 0 Å². The maximum atomic E-state index is 12.8. The van der Waals surface area contributed by atoms with E-state index in [1.54, 1.807) is 0 Å². The summed E-state index contributed by atoms with van der Waals surface area (Å²) in [6, 6.07) is 9.34. The minimum atomic E-state index is -5.24. The van der Waals surface area contributed by atoms with Crippen molar-refractivity contribution in [3.8, 4) is 5.75 Å². The summed E-state index contributed by atoms with van der Waals surface area (Å²) >= 11 is 16.1. The Morgan fingerprint density at radius 2 is 1.11 bits per heavy atom. The molecule has 0 atom stereocenters. The molecule has 396 valence electrons. The average molecular weight is 1180 g/mol. The van der Waals surface area contributed by atoms with Gasteiger partial charge in [0.2, 0.25) is 34.4 Å². The van der Waals surface area contributed by atoms with Gasteiger partial charge < -0.3 is 42.3 Å². The first kappa shape index (κ1) is 57.9. The number of aliphatic hydroxyl groups excluding tert-OH is 2. The number of phenols is 1. The van der Waals surface area contributed by atoms with Gasteiger partial charge in [0.1, 0.15) is 21.2 Å². The number of aliphatic hydroxyl groups is 2. The van der Waals surface area contributed by atoms with Crippen LogP contribution in [-0.2, 0) is 39.0 Å². The van der Waals surface area contributed by atoms with Crippen LogP contribution in [0.3, 0.4) is 0 Å². The van der Waals surface area contributed by atoms with Gasteiger partial charge in [-0.1, -0.05) is 10.1 Å². The molecule has 0 spiro atoms. The lowest BCUT2D eigenvalue weighted by Crippen LogP contribution is -2.11. The van der Waals surface area contributed by atoms with Crippen LogP contribution in [0, 0.1) is 0 Å². The highest BCUT2D eigenvalue weighted by Gasteiger charge is 2.26. The molecule has 2 aromatic heterocycles. The average Bonchev–Trinajstić information content (AvgIpc) is 3.33. The van der Waals surface area contributed by atoms with E-state index in [-0.39, 0.29) is 96.6 Å².